The Kier molecular flexibility index (Phi) is 9.54. The second-order valence-corrected chi connectivity index (χ2v) is 8.14. The molecule has 0 fully saturated rings. The number of carbonyl (C=O) groups excluding carboxylic acids is 1. The van der Waals surface area contributed by atoms with Crippen molar-refractivity contribution in [2.45, 2.75) is 52.6 Å². The molecule has 0 aliphatic carbocycles. The van der Waals surface area contributed by atoms with Crippen molar-refractivity contribution in [1.29, 1.82) is 0 Å². The Morgan fingerprint density at radius 1 is 1.06 bits per heavy atom. The summed E-state index contributed by atoms with van der Waals surface area (Å²) in [7, 11) is 0. The van der Waals surface area contributed by atoms with Gasteiger partial charge in [0.05, 0.1) is 0 Å². The van der Waals surface area contributed by atoms with Crippen molar-refractivity contribution in [2.75, 3.05) is 0 Å². The largest absolute Gasteiger partial charge is 0.480 e. The highest BCUT2D eigenvalue weighted by atomic mass is 35.5. The molecule has 8 nitrogen and oxygen atoms in total. The summed E-state index contributed by atoms with van der Waals surface area (Å²) in [4.78, 5) is 26.3. The van der Waals surface area contributed by atoms with Gasteiger partial charge in [-0.2, -0.15) is 0 Å². The van der Waals surface area contributed by atoms with E-state index < -0.39 is 12.0 Å². The minimum Gasteiger partial charge on any atom is -0.480 e. The zero-order valence-corrected chi connectivity index (χ0v) is 19.9. The maximum absolute atomic E-state index is 12.9. The van der Waals surface area contributed by atoms with Crippen LogP contribution >= 0.6 is 12.4 Å². The second-order valence-electron chi connectivity index (χ2n) is 8.14. The van der Waals surface area contributed by atoms with Crippen LogP contribution in [0.4, 0.5) is 0 Å². The molecule has 0 bridgehead atoms. The first-order chi connectivity index (χ1) is 15.4. The van der Waals surface area contributed by atoms with Crippen molar-refractivity contribution < 1.29 is 14.7 Å². The third-order valence-electron chi connectivity index (χ3n) is 5.43. The van der Waals surface area contributed by atoms with Crippen molar-refractivity contribution >= 4 is 24.3 Å². The number of benzene rings is 2. The highest BCUT2D eigenvalue weighted by molar-refractivity contribution is 5.85. The number of aromatic amines is 1. The average molecular weight is 472 g/mol. The zero-order valence-electron chi connectivity index (χ0n) is 19.1. The van der Waals surface area contributed by atoms with E-state index in [2.05, 4.69) is 20.6 Å². The number of aromatic nitrogens is 4. The molecule has 176 valence electrons. The molecule has 9 heteroatoms. The molecule has 0 saturated heterocycles. The number of carboxylic acid groups (broad SMARTS) is 1. The predicted molar refractivity (Wildman–Crippen MR) is 129 cm³/mol. The molecule has 1 heterocycles. The Balaban J connectivity index is 0.00000385. The van der Waals surface area contributed by atoms with Gasteiger partial charge in [0.25, 0.3) is 0 Å². The number of carboxylic acids is 1. The zero-order chi connectivity index (χ0) is 23.1. The monoisotopic (exact) mass is 471 g/mol. The van der Waals surface area contributed by atoms with Gasteiger partial charge in [-0.1, -0.05) is 75.7 Å². The molecular weight excluding hydrogens is 442 g/mol. The molecule has 2 N–H and O–H groups in total. The Morgan fingerprint density at radius 2 is 1.73 bits per heavy atom. The van der Waals surface area contributed by atoms with E-state index in [9.17, 15) is 14.7 Å². The lowest BCUT2D eigenvalue weighted by Crippen LogP contribution is -2.47. The number of unbranched alkanes of at least 4 members (excludes halogenated alkanes) is 1. The number of rotatable bonds is 10. The molecule has 1 amide bonds. The fourth-order valence-corrected chi connectivity index (χ4v) is 3.79. The van der Waals surface area contributed by atoms with E-state index >= 15 is 0 Å². The summed E-state index contributed by atoms with van der Waals surface area (Å²) in [5.74, 6) is -0.713. The Hall–Kier alpha value is -3.26. The molecule has 33 heavy (non-hydrogen) atoms. The molecule has 0 saturated carbocycles. The van der Waals surface area contributed by atoms with Crippen molar-refractivity contribution in [3.8, 4) is 22.5 Å². The van der Waals surface area contributed by atoms with E-state index in [4.69, 9.17) is 0 Å². The van der Waals surface area contributed by atoms with Crippen LogP contribution in [0.1, 0.15) is 45.6 Å². The maximum atomic E-state index is 12.9. The van der Waals surface area contributed by atoms with E-state index in [1.54, 1.807) is 0 Å². The lowest BCUT2D eigenvalue weighted by molar-refractivity contribution is -0.153. The van der Waals surface area contributed by atoms with Gasteiger partial charge in [0.2, 0.25) is 5.91 Å². The van der Waals surface area contributed by atoms with Gasteiger partial charge in [0.15, 0.2) is 5.82 Å². The summed E-state index contributed by atoms with van der Waals surface area (Å²) in [5, 5.41) is 23.9. The number of nitrogens with zero attached hydrogens (tertiary/aromatic N) is 4. The highest BCUT2D eigenvalue weighted by Gasteiger charge is 2.32. The number of hydrogen-bond acceptors (Lipinski definition) is 5. The van der Waals surface area contributed by atoms with E-state index in [-0.39, 0.29) is 30.8 Å². The van der Waals surface area contributed by atoms with Crippen LogP contribution in [0.2, 0.25) is 0 Å². The summed E-state index contributed by atoms with van der Waals surface area (Å²) in [6, 6.07) is 14.8. The summed E-state index contributed by atoms with van der Waals surface area (Å²) in [5.41, 5.74) is 3.71. The van der Waals surface area contributed by atoms with Crippen molar-refractivity contribution in [3.63, 3.8) is 0 Å². The second kappa shape index (κ2) is 12.1. The van der Waals surface area contributed by atoms with Gasteiger partial charge in [-0.05, 0) is 39.5 Å². The van der Waals surface area contributed by atoms with E-state index in [1.165, 1.54) is 4.90 Å². The lowest BCUT2D eigenvalue weighted by Gasteiger charge is -2.32. The van der Waals surface area contributed by atoms with Crippen LogP contribution in [-0.4, -0.2) is 48.5 Å². The van der Waals surface area contributed by atoms with Crippen LogP contribution < -0.4 is 0 Å². The van der Waals surface area contributed by atoms with Crippen LogP contribution in [0.25, 0.3) is 22.5 Å². The van der Waals surface area contributed by atoms with Crippen LogP contribution in [0, 0.1) is 5.92 Å². The topological polar surface area (TPSA) is 112 Å². The molecule has 1 atom stereocenters. The number of aliphatic carboxylic acids is 1. The van der Waals surface area contributed by atoms with Gasteiger partial charge >= 0.3 is 5.97 Å². The molecule has 1 unspecified atom stereocenters. The van der Waals surface area contributed by atoms with Gasteiger partial charge in [-0.25, -0.2) is 9.89 Å². The number of H-pyrrole nitrogens is 1. The molecule has 3 aromatic rings. The van der Waals surface area contributed by atoms with Gasteiger partial charge in [0, 0.05) is 18.5 Å². The smallest absolute Gasteiger partial charge is 0.326 e. The van der Waals surface area contributed by atoms with Crippen LogP contribution in [0.5, 0.6) is 0 Å². The summed E-state index contributed by atoms with van der Waals surface area (Å²) < 4.78 is 0. The van der Waals surface area contributed by atoms with Crippen LogP contribution in [0.15, 0.2) is 48.5 Å². The molecule has 3 rings (SSSR count). The summed E-state index contributed by atoms with van der Waals surface area (Å²) >= 11 is 0. The quantitative estimate of drug-likeness (QED) is 0.447. The Bertz CT molecular complexity index is 1040. The van der Waals surface area contributed by atoms with Gasteiger partial charge in [0.1, 0.15) is 6.04 Å². The molecule has 0 radical (unpaired) electrons. The Labute approximate surface area is 199 Å². The molecule has 0 aliphatic rings. The number of halogens is 1. The van der Waals surface area contributed by atoms with Gasteiger partial charge in [-0.15, -0.1) is 17.5 Å². The third kappa shape index (κ3) is 6.38. The number of nitrogens with one attached hydrogen (secondary N) is 1. The maximum Gasteiger partial charge on any atom is 0.326 e. The number of carbonyl (C=O) groups is 2. The molecule has 2 aromatic carbocycles. The Morgan fingerprint density at radius 3 is 2.27 bits per heavy atom. The highest BCUT2D eigenvalue weighted by Crippen LogP contribution is 2.30. The fraction of sp³-hybridized carbons (Fsp3) is 0.375. The third-order valence-corrected chi connectivity index (χ3v) is 5.43. The van der Waals surface area contributed by atoms with Gasteiger partial charge < -0.3 is 10.0 Å². The molecule has 1 aromatic heterocycles. The minimum atomic E-state index is -0.976. The normalized spacial score (nSPS) is 11.6. The van der Waals surface area contributed by atoms with Crippen molar-refractivity contribution in [1.82, 2.24) is 25.5 Å². The first kappa shape index (κ1) is 26.0. The van der Waals surface area contributed by atoms with E-state index in [1.807, 2.05) is 69.3 Å². The average Bonchev–Trinajstić information content (AvgIpc) is 3.32. The van der Waals surface area contributed by atoms with Crippen LogP contribution in [0.3, 0.4) is 0 Å². The standard InChI is InChI=1S/C24H29N5O3.ClH/c1-4-5-10-21(30)29(22(16(2)3)24(31)32)15-17-11-13-18(14-12-17)19-8-6-7-9-20(19)23-25-27-28-26-23;/h6-9,11-14,16,22H,4-5,10,15H2,1-3H3,(H,31,32)(H,25,26,27,28);1H. The van der Waals surface area contributed by atoms with E-state index in [0.717, 1.165) is 35.1 Å². The minimum absolute atomic E-state index is 0. The number of hydrogen-bond donors (Lipinski definition) is 2. The first-order valence-corrected chi connectivity index (χ1v) is 10.9. The lowest BCUT2D eigenvalue weighted by atomic mass is 9.97. The van der Waals surface area contributed by atoms with Crippen LogP contribution in [-0.2, 0) is 16.1 Å². The van der Waals surface area contributed by atoms with Gasteiger partial charge in [-0.3, -0.25) is 4.79 Å². The molecule has 0 spiro atoms. The van der Waals surface area contributed by atoms with E-state index in [0.29, 0.717) is 12.2 Å². The van der Waals surface area contributed by atoms with Crippen molar-refractivity contribution in [2.24, 2.45) is 5.92 Å². The molecular formula is C24H30ClN5O3. The fourth-order valence-electron chi connectivity index (χ4n) is 3.79. The summed E-state index contributed by atoms with van der Waals surface area (Å²) in [6.07, 6.45) is 1.98. The summed E-state index contributed by atoms with van der Waals surface area (Å²) in [6.45, 7) is 5.93. The predicted octanol–water partition coefficient (Wildman–Crippen LogP) is 4.58. The number of tetrazole rings is 1. The number of amides is 1. The SMILES string of the molecule is CCCCC(=O)N(Cc1ccc(-c2ccccc2-c2nnn[nH]2)cc1)C(C(=O)O)C(C)C.Cl. The first-order valence-electron chi connectivity index (χ1n) is 10.9. The van der Waals surface area contributed by atoms with Crippen molar-refractivity contribution in [3.05, 3.63) is 54.1 Å². The molecule has 0 aliphatic heterocycles.